The van der Waals surface area contributed by atoms with E-state index in [1.807, 2.05) is 23.9 Å². The number of nitrogens with one attached hydrogen (secondary N) is 1. The van der Waals surface area contributed by atoms with Crippen molar-refractivity contribution in [1.82, 2.24) is 24.5 Å². The molecular weight excluding hydrogens is 442 g/mol. The van der Waals surface area contributed by atoms with Crippen molar-refractivity contribution in [1.29, 1.82) is 0 Å². The van der Waals surface area contributed by atoms with Crippen molar-refractivity contribution in [3.8, 4) is 17.3 Å². The highest BCUT2D eigenvalue weighted by Gasteiger charge is 2.23. The zero-order valence-electron chi connectivity index (χ0n) is 17.3. The minimum atomic E-state index is -2.98. The lowest BCUT2D eigenvalue weighted by atomic mass is 10.2. The maximum Gasteiger partial charge on any atom is 0.387 e. The summed E-state index contributed by atoms with van der Waals surface area (Å²) in [5.74, 6) is 0.125. The van der Waals surface area contributed by atoms with Crippen molar-refractivity contribution in [2.24, 2.45) is 7.05 Å². The molecule has 0 bridgehead atoms. The molecule has 4 rings (SSSR count). The topological polar surface area (TPSA) is 96.1 Å². The summed E-state index contributed by atoms with van der Waals surface area (Å²) in [6.45, 7) is -1.71. The summed E-state index contributed by atoms with van der Waals surface area (Å²) in [7, 11) is 1.82. The second kappa shape index (κ2) is 10.1. The van der Waals surface area contributed by atoms with Gasteiger partial charge >= 0.3 is 6.61 Å². The van der Waals surface area contributed by atoms with Gasteiger partial charge in [0.2, 0.25) is 5.91 Å². The minimum Gasteiger partial charge on any atom is -0.433 e. The first-order valence-electron chi connectivity index (χ1n) is 10.0. The number of ether oxygens (including phenoxy) is 2. The van der Waals surface area contributed by atoms with E-state index in [1.54, 1.807) is 16.8 Å². The highest BCUT2D eigenvalue weighted by molar-refractivity contribution is 7.99. The molecule has 9 nitrogen and oxygen atoms in total. The highest BCUT2D eigenvalue weighted by atomic mass is 32.2. The number of aromatic nitrogens is 5. The molecule has 2 aromatic heterocycles. The second-order valence-corrected chi connectivity index (χ2v) is 8.08. The van der Waals surface area contributed by atoms with Crippen LogP contribution in [-0.2, 0) is 23.1 Å². The van der Waals surface area contributed by atoms with Gasteiger partial charge in [-0.25, -0.2) is 0 Å². The Balaban J connectivity index is 1.47. The first-order chi connectivity index (χ1) is 15.5. The smallest absolute Gasteiger partial charge is 0.387 e. The number of carbonyl (C=O) groups is 1. The van der Waals surface area contributed by atoms with Gasteiger partial charge in [0, 0.05) is 19.9 Å². The van der Waals surface area contributed by atoms with E-state index in [0.717, 1.165) is 19.4 Å². The van der Waals surface area contributed by atoms with Crippen LogP contribution in [0, 0.1) is 0 Å². The predicted molar refractivity (Wildman–Crippen MR) is 114 cm³/mol. The van der Waals surface area contributed by atoms with Crippen LogP contribution in [0.25, 0.3) is 11.5 Å². The van der Waals surface area contributed by atoms with E-state index in [1.165, 1.54) is 23.9 Å². The number of nitrogens with zero attached hydrogens (tertiary/aromatic N) is 5. The first-order valence-corrected chi connectivity index (χ1v) is 11.0. The quantitative estimate of drug-likeness (QED) is 0.486. The molecule has 1 atom stereocenters. The molecule has 0 radical (unpaired) electrons. The number of halogens is 2. The standard InChI is InChI=1S/C20H22F2N6O3S/c1-27-9-8-15(26-27)18-24-25-20(28(18)11-13-5-4-10-30-13)32-12-17(29)23-14-6-2-3-7-16(14)31-19(21)22/h2-3,6-9,13,19H,4-5,10-12H2,1H3,(H,23,29)/t13-/m1/s1. The number of hydrogen-bond donors (Lipinski definition) is 1. The average Bonchev–Trinajstić information content (AvgIpc) is 3.50. The fourth-order valence-electron chi connectivity index (χ4n) is 3.36. The van der Waals surface area contributed by atoms with Crippen LogP contribution in [0.1, 0.15) is 12.8 Å². The number of rotatable bonds is 9. The maximum atomic E-state index is 12.6. The van der Waals surface area contributed by atoms with Gasteiger partial charge in [-0.3, -0.25) is 14.0 Å². The fraction of sp³-hybridized carbons (Fsp3) is 0.400. The van der Waals surface area contributed by atoms with Crippen molar-refractivity contribution in [2.75, 3.05) is 17.7 Å². The van der Waals surface area contributed by atoms with Gasteiger partial charge in [-0.05, 0) is 31.0 Å². The van der Waals surface area contributed by atoms with Crippen LogP contribution in [0.3, 0.4) is 0 Å². The van der Waals surface area contributed by atoms with Crippen molar-refractivity contribution < 1.29 is 23.0 Å². The van der Waals surface area contributed by atoms with Gasteiger partial charge in [-0.15, -0.1) is 10.2 Å². The van der Waals surface area contributed by atoms with Crippen molar-refractivity contribution in [3.05, 3.63) is 36.5 Å². The summed E-state index contributed by atoms with van der Waals surface area (Å²) >= 11 is 1.20. The number of carbonyl (C=O) groups excluding carboxylic acids is 1. The monoisotopic (exact) mass is 464 g/mol. The van der Waals surface area contributed by atoms with Crippen LogP contribution in [-0.4, -0.2) is 55.5 Å². The molecule has 0 saturated carbocycles. The number of para-hydroxylation sites is 2. The molecule has 1 amide bonds. The highest BCUT2D eigenvalue weighted by Crippen LogP contribution is 2.28. The Morgan fingerprint density at radius 3 is 2.91 bits per heavy atom. The van der Waals surface area contributed by atoms with Crippen molar-refractivity contribution in [2.45, 2.75) is 37.3 Å². The van der Waals surface area contributed by atoms with E-state index >= 15 is 0 Å². The van der Waals surface area contributed by atoms with Gasteiger partial charge in [0.05, 0.1) is 24.1 Å². The van der Waals surface area contributed by atoms with Crippen LogP contribution in [0.2, 0.25) is 0 Å². The van der Waals surface area contributed by atoms with Gasteiger partial charge in [0.25, 0.3) is 0 Å². The Bertz CT molecular complexity index is 1070. The summed E-state index contributed by atoms with van der Waals surface area (Å²) in [6, 6.07) is 7.88. The van der Waals surface area contributed by atoms with E-state index in [9.17, 15) is 13.6 Å². The van der Waals surface area contributed by atoms with Crippen LogP contribution < -0.4 is 10.1 Å². The molecule has 1 N–H and O–H groups in total. The molecule has 3 aromatic rings. The van der Waals surface area contributed by atoms with Gasteiger partial charge in [0.1, 0.15) is 11.4 Å². The predicted octanol–water partition coefficient (Wildman–Crippen LogP) is 3.19. The Kier molecular flexibility index (Phi) is 7.00. The summed E-state index contributed by atoms with van der Waals surface area (Å²) in [5, 5.41) is 16.1. The van der Waals surface area contributed by atoms with Crippen LogP contribution in [0.15, 0.2) is 41.7 Å². The molecule has 1 saturated heterocycles. The normalized spacial score (nSPS) is 15.9. The van der Waals surface area contributed by atoms with Gasteiger partial charge in [-0.2, -0.15) is 13.9 Å². The molecule has 32 heavy (non-hydrogen) atoms. The molecular formula is C20H22F2N6O3S. The molecule has 3 heterocycles. The third kappa shape index (κ3) is 5.43. The molecule has 1 aliphatic heterocycles. The lowest BCUT2D eigenvalue weighted by Crippen LogP contribution is -2.18. The summed E-state index contributed by atoms with van der Waals surface area (Å²) in [6.07, 6.45) is 3.79. The zero-order valence-corrected chi connectivity index (χ0v) is 18.1. The Hall–Kier alpha value is -2.99. The molecule has 0 aliphatic carbocycles. The number of amides is 1. The summed E-state index contributed by atoms with van der Waals surface area (Å²) < 4.78 is 39.0. The number of anilines is 1. The largest absolute Gasteiger partial charge is 0.433 e. The maximum absolute atomic E-state index is 12.6. The second-order valence-electron chi connectivity index (χ2n) is 7.14. The number of aryl methyl sites for hydroxylation is 1. The number of benzene rings is 1. The van der Waals surface area contributed by atoms with E-state index < -0.39 is 6.61 Å². The first kappa shape index (κ1) is 22.2. The molecule has 0 unspecified atom stereocenters. The van der Waals surface area contributed by atoms with Gasteiger partial charge in [0.15, 0.2) is 11.0 Å². The van der Waals surface area contributed by atoms with Gasteiger partial charge in [-0.1, -0.05) is 23.9 Å². The van der Waals surface area contributed by atoms with E-state index in [2.05, 4.69) is 25.3 Å². The summed E-state index contributed by atoms with van der Waals surface area (Å²) in [5.41, 5.74) is 0.848. The molecule has 1 aliphatic rings. The Labute approximate surface area is 187 Å². The number of hydrogen-bond acceptors (Lipinski definition) is 7. The van der Waals surface area contributed by atoms with Crippen LogP contribution in [0.4, 0.5) is 14.5 Å². The van der Waals surface area contributed by atoms with Crippen LogP contribution >= 0.6 is 11.8 Å². The lowest BCUT2D eigenvalue weighted by molar-refractivity contribution is -0.113. The van der Waals surface area contributed by atoms with Crippen molar-refractivity contribution in [3.63, 3.8) is 0 Å². The SMILES string of the molecule is Cn1ccc(-c2nnc(SCC(=O)Nc3ccccc3OC(F)F)n2C[C@H]2CCCO2)n1. The molecule has 12 heteroatoms. The van der Waals surface area contributed by atoms with E-state index in [4.69, 9.17) is 4.74 Å². The van der Waals surface area contributed by atoms with E-state index in [0.29, 0.717) is 23.2 Å². The minimum absolute atomic E-state index is 0.00882. The fourth-order valence-corrected chi connectivity index (χ4v) is 4.11. The van der Waals surface area contributed by atoms with Gasteiger partial charge < -0.3 is 14.8 Å². The van der Waals surface area contributed by atoms with Crippen LogP contribution in [0.5, 0.6) is 5.75 Å². The molecule has 1 aromatic carbocycles. The van der Waals surface area contributed by atoms with Crippen molar-refractivity contribution >= 4 is 23.4 Å². The zero-order chi connectivity index (χ0) is 22.5. The molecule has 170 valence electrons. The summed E-state index contributed by atoms with van der Waals surface area (Å²) in [4.78, 5) is 12.5. The average molecular weight is 464 g/mol. The molecule has 0 spiro atoms. The Morgan fingerprint density at radius 2 is 2.19 bits per heavy atom. The number of thioether (sulfide) groups is 1. The van der Waals surface area contributed by atoms with E-state index in [-0.39, 0.29) is 29.2 Å². The number of alkyl halides is 2. The third-order valence-electron chi connectivity index (χ3n) is 4.78. The molecule has 1 fully saturated rings. The third-order valence-corrected chi connectivity index (χ3v) is 5.75. The Morgan fingerprint density at radius 1 is 1.34 bits per heavy atom. The lowest BCUT2D eigenvalue weighted by Gasteiger charge is -2.14.